The maximum absolute atomic E-state index is 12.0. The molecule has 3 rings (SSSR count). The highest BCUT2D eigenvalue weighted by molar-refractivity contribution is 5.92. The van der Waals surface area contributed by atoms with Crippen LogP contribution in [0.1, 0.15) is 31.4 Å². The number of benzene rings is 1. The number of hydrogen-bond acceptors (Lipinski definition) is 4. The molecule has 1 heterocycles. The molecule has 1 aliphatic carbocycles. The summed E-state index contributed by atoms with van der Waals surface area (Å²) in [7, 11) is 0. The molecule has 6 heteroatoms. The first-order chi connectivity index (χ1) is 11.2. The standard InChI is InChI=1S/C18H21N3O2.ClH/c19-13-5-6-15(20-12-13)11-18(22)21-14-7-9-17(10-8-14)23-16-3-1-2-4-16;/h5-10,12,16H,1-4,11,19H2,(H,21,22);1H. The molecule has 0 saturated heterocycles. The fourth-order valence-corrected chi connectivity index (χ4v) is 2.73. The number of anilines is 2. The van der Waals surface area contributed by atoms with Gasteiger partial charge < -0.3 is 15.8 Å². The number of nitrogens with two attached hydrogens (primary N) is 1. The lowest BCUT2D eigenvalue weighted by Gasteiger charge is -2.13. The van der Waals surface area contributed by atoms with Crippen LogP contribution in [-0.2, 0) is 11.2 Å². The zero-order chi connectivity index (χ0) is 16.1. The van der Waals surface area contributed by atoms with Crippen molar-refractivity contribution in [1.29, 1.82) is 0 Å². The fraction of sp³-hybridized carbons (Fsp3) is 0.333. The van der Waals surface area contributed by atoms with Crippen LogP contribution in [0.3, 0.4) is 0 Å². The van der Waals surface area contributed by atoms with Crippen molar-refractivity contribution in [3.05, 3.63) is 48.3 Å². The highest BCUT2D eigenvalue weighted by Crippen LogP contribution is 2.25. The average Bonchev–Trinajstić information content (AvgIpc) is 3.04. The summed E-state index contributed by atoms with van der Waals surface area (Å²) in [5.41, 5.74) is 7.61. The molecule has 3 N–H and O–H groups in total. The Kier molecular flexibility index (Phi) is 6.44. The Balaban J connectivity index is 0.00000208. The van der Waals surface area contributed by atoms with Crippen LogP contribution in [0.25, 0.3) is 0 Å². The van der Waals surface area contributed by atoms with Gasteiger partial charge in [-0.15, -0.1) is 12.4 Å². The maximum atomic E-state index is 12.0. The summed E-state index contributed by atoms with van der Waals surface area (Å²) in [5, 5.41) is 2.86. The van der Waals surface area contributed by atoms with Crippen LogP contribution in [-0.4, -0.2) is 17.0 Å². The van der Waals surface area contributed by atoms with E-state index in [0.29, 0.717) is 17.5 Å². The molecule has 1 aromatic heterocycles. The third kappa shape index (κ3) is 5.13. The lowest BCUT2D eigenvalue weighted by atomic mass is 10.2. The van der Waals surface area contributed by atoms with Crippen molar-refractivity contribution >= 4 is 29.7 Å². The van der Waals surface area contributed by atoms with E-state index in [9.17, 15) is 4.79 Å². The highest BCUT2D eigenvalue weighted by atomic mass is 35.5. The van der Waals surface area contributed by atoms with Crippen molar-refractivity contribution in [3.8, 4) is 5.75 Å². The van der Waals surface area contributed by atoms with Crippen LogP contribution in [0.4, 0.5) is 11.4 Å². The number of carbonyl (C=O) groups is 1. The largest absolute Gasteiger partial charge is 0.490 e. The van der Waals surface area contributed by atoms with Gasteiger partial charge in [-0.3, -0.25) is 9.78 Å². The van der Waals surface area contributed by atoms with Gasteiger partial charge in [0.2, 0.25) is 5.91 Å². The Morgan fingerprint density at radius 2 is 1.88 bits per heavy atom. The van der Waals surface area contributed by atoms with Gasteiger partial charge in [-0.2, -0.15) is 0 Å². The number of pyridine rings is 1. The number of amides is 1. The Bertz CT molecular complexity index is 653. The smallest absolute Gasteiger partial charge is 0.230 e. The molecule has 0 atom stereocenters. The van der Waals surface area contributed by atoms with Gasteiger partial charge in [0.15, 0.2) is 0 Å². The van der Waals surface area contributed by atoms with Crippen molar-refractivity contribution < 1.29 is 9.53 Å². The SMILES string of the molecule is Cl.Nc1ccc(CC(=O)Nc2ccc(OC3CCCC3)cc2)nc1. The van der Waals surface area contributed by atoms with E-state index in [1.165, 1.54) is 12.8 Å². The van der Waals surface area contributed by atoms with Crippen LogP contribution in [0.15, 0.2) is 42.6 Å². The molecule has 0 radical (unpaired) electrons. The van der Waals surface area contributed by atoms with Gasteiger partial charge >= 0.3 is 0 Å². The van der Waals surface area contributed by atoms with E-state index in [-0.39, 0.29) is 24.7 Å². The first-order valence-electron chi connectivity index (χ1n) is 7.96. The second-order valence-electron chi connectivity index (χ2n) is 5.86. The van der Waals surface area contributed by atoms with Crippen LogP contribution >= 0.6 is 12.4 Å². The molecule has 0 spiro atoms. The zero-order valence-electron chi connectivity index (χ0n) is 13.4. The molecule has 1 amide bonds. The van der Waals surface area contributed by atoms with Crippen LogP contribution < -0.4 is 15.8 Å². The Morgan fingerprint density at radius 1 is 1.17 bits per heavy atom. The predicted octanol–water partition coefficient (Wildman–Crippen LogP) is 3.59. The van der Waals surface area contributed by atoms with Crippen molar-refractivity contribution in [2.45, 2.75) is 38.2 Å². The first kappa shape index (κ1) is 18.1. The summed E-state index contributed by atoms with van der Waals surface area (Å²) in [6.45, 7) is 0. The van der Waals surface area contributed by atoms with E-state index in [4.69, 9.17) is 10.5 Å². The minimum atomic E-state index is -0.105. The average molecular weight is 348 g/mol. The van der Waals surface area contributed by atoms with Crippen LogP contribution in [0.5, 0.6) is 5.75 Å². The van der Waals surface area contributed by atoms with Crippen molar-refractivity contribution in [2.24, 2.45) is 0 Å². The molecular formula is C18H22ClN3O2. The number of nitrogens with zero attached hydrogens (tertiary/aromatic N) is 1. The molecule has 2 aromatic rings. The predicted molar refractivity (Wildman–Crippen MR) is 97.6 cm³/mol. The molecule has 1 saturated carbocycles. The number of ether oxygens (including phenoxy) is 1. The van der Waals surface area contributed by atoms with Crippen LogP contribution in [0, 0.1) is 0 Å². The van der Waals surface area contributed by atoms with Gasteiger partial charge in [0.25, 0.3) is 0 Å². The Labute approximate surface area is 148 Å². The van der Waals surface area contributed by atoms with E-state index >= 15 is 0 Å². The lowest BCUT2D eigenvalue weighted by molar-refractivity contribution is -0.115. The first-order valence-corrected chi connectivity index (χ1v) is 7.96. The van der Waals surface area contributed by atoms with Gasteiger partial charge in [0, 0.05) is 11.4 Å². The number of nitrogens with one attached hydrogen (secondary N) is 1. The monoisotopic (exact) mass is 347 g/mol. The summed E-state index contributed by atoms with van der Waals surface area (Å²) in [4.78, 5) is 16.1. The summed E-state index contributed by atoms with van der Waals surface area (Å²) in [6.07, 6.45) is 6.88. The van der Waals surface area contributed by atoms with Crippen molar-refractivity contribution in [2.75, 3.05) is 11.1 Å². The van der Waals surface area contributed by atoms with E-state index < -0.39 is 0 Å². The summed E-state index contributed by atoms with van der Waals surface area (Å²) in [6, 6.07) is 11.0. The molecule has 1 fully saturated rings. The molecule has 24 heavy (non-hydrogen) atoms. The molecule has 0 aliphatic heterocycles. The third-order valence-corrected chi connectivity index (χ3v) is 3.93. The lowest BCUT2D eigenvalue weighted by Crippen LogP contribution is -2.15. The molecule has 128 valence electrons. The van der Waals surface area contributed by atoms with Gasteiger partial charge in [-0.25, -0.2) is 0 Å². The third-order valence-electron chi connectivity index (χ3n) is 3.93. The molecule has 1 aromatic carbocycles. The van der Waals surface area contributed by atoms with Crippen molar-refractivity contribution in [1.82, 2.24) is 4.98 Å². The summed E-state index contributed by atoms with van der Waals surface area (Å²) in [5.74, 6) is 0.752. The topological polar surface area (TPSA) is 77.2 Å². The molecule has 0 bridgehead atoms. The second-order valence-corrected chi connectivity index (χ2v) is 5.86. The zero-order valence-corrected chi connectivity index (χ0v) is 14.2. The molecular weight excluding hydrogens is 326 g/mol. The van der Waals surface area contributed by atoms with E-state index in [1.807, 2.05) is 24.3 Å². The second kappa shape index (κ2) is 8.55. The minimum Gasteiger partial charge on any atom is -0.490 e. The number of aromatic nitrogens is 1. The number of carbonyl (C=O) groups excluding carboxylic acids is 1. The fourth-order valence-electron chi connectivity index (χ4n) is 2.73. The van der Waals surface area contributed by atoms with Gasteiger partial charge in [0.1, 0.15) is 5.75 Å². The van der Waals surface area contributed by atoms with Gasteiger partial charge in [0.05, 0.1) is 24.4 Å². The summed E-state index contributed by atoms with van der Waals surface area (Å²) >= 11 is 0. The summed E-state index contributed by atoms with van der Waals surface area (Å²) < 4.78 is 5.91. The number of rotatable bonds is 5. The minimum absolute atomic E-state index is 0. The Morgan fingerprint density at radius 3 is 2.50 bits per heavy atom. The Hall–Kier alpha value is -2.27. The van der Waals surface area contributed by atoms with E-state index in [2.05, 4.69) is 10.3 Å². The van der Waals surface area contributed by atoms with Gasteiger partial charge in [-0.1, -0.05) is 0 Å². The molecule has 1 aliphatic rings. The van der Waals surface area contributed by atoms with Gasteiger partial charge in [-0.05, 0) is 62.1 Å². The molecule has 0 unspecified atom stereocenters. The van der Waals surface area contributed by atoms with E-state index in [0.717, 1.165) is 24.3 Å². The molecule has 5 nitrogen and oxygen atoms in total. The normalized spacial score (nSPS) is 14.0. The van der Waals surface area contributed by atoms with E-state index in [1.54, 1.807) is 18.3 Å². The van der Waals surface area contributed by atoms with Crippen molar-refractivity contribution in [3.63, 3.8) is 0 Å². The number of halogens is 1. The number of nitrogen functional groups attached to an aromatic ring is 1. The number of hydrogen-bond donors (Lipinski definition) is 2. The van der Waals surface area contributed by atoms with Crippen LogP contribution in [0.2, 0.25) is 0 Å². The maximum Gasteiger partial charge on any atom is 0.230 e. The highest BCUT2D eigenvalue weighted by Gasteiger charge is 2.16. The quantitative estimate of drug-likeness (QED) is 0.866.